The van der Waals surface area contributed by atoms with E-state index in [0.29, 0.717) is 18.5 Å². The molecule has 0 radical (unpaired) electrons. The first-order chi connectivity index (χ1) is 13.4. The minimum atomic E-state index is -3.54. The van der Waals surface area contributed by atoms with Gasteiger partial charge >= 0.3 is 5.97 Å². The molecule has 0 aliphatic heterocycles. The number of aryl methyl sites for hydroxylation is 2. The summed E-state index contributed by atoms with van der Waals surface area (Å²) in [5, 5.41) is 9.11. The first-order valence-electron chi connectivity index (χ1n) is 8.87. The number of anilines is 1. The highest BCUT2D eigenvalue weighted by Gasteiger charge is 2.14. The topological polar surface area (TPSA) is 83.5 Å². The van der Waals surface area contributed by atoms with Gasteiger partial charge in [-0.2, -0.15) is 0 Å². The number of benzene rings is 3. The van der Waals surface area contributed by atoms with Crippen LogP contribution in [0.5, 0.6) is 0 Å². The molecule has 3 aromatic carbocycles. The molecule has 144 valence electrons. The highest BCUT2D eigenvalue weighted by Crippen LogP contribution is 2.20. The number of para-hydroxylation sites is 1. The summed E-state index contributed by atoms with van der Waals surface area (Å²) in [6, 6.07) is 23.1. The fourth-order valence-electron chi connectivity index (χ4n) is 2.97. The van der Waals surface area contributed by atoms with Gasteiger partial charge in [0, 0.05) is 0 Å². The SMILES string of the molecule is O=C(O)c1cccc(CCc2ccccc2NS(=O)(=O)Cc2ccccc2)c1. The van der Waals surface area contributed by atoms with E-state index in [1.165, 1.54) is 0 Å². The van der Waals surface area contributed by atoms with Gasteiger partial charge in [0.05, 0.1) is 17.0 Å². The fraction of sp³-hybridized carbons (Fsp3) is 0.136. The van der Waals surface area contributed by atoms with Crippen LogP contribution in [0, 0.1) is 0 Å². The first kappa shape index (κ1) is 19.6. The number of carboxylic acids is 1. The molecule has 0 unspecified atom stereocenters. The molecule has 3 aromatic rings. The Morgan fingerprint density at radius 3 is 2.25 bits per heavy atom. The molecule has 28 heavy (non-hydrogen) atoms. The van der Waals surface area contributed by atoms with Gasteiger partial charge in [0.1, 0.15) is 0 Å². The third kappa shape index (κ3) is 5.44. The minimum absolute atomic E-state index is 0.0944. The molecular weight excluding hydrogens is 374 g/mol. The Labute approximate surface area is 164 Å². The Bertz CT molecular complexity index is 1060. The van der Waals surface area contributed by atoms with Gasteiger partial charge in [-0.05, 0) is 47.7 Å². The van der Waals surface area contributed by atoms with E-state index in [0.717, 1.165) is 16.7 Å². The second-order valence-corrected chi connectivity index (χ2v) is 8.23. The van der Waals surface area contributed by atoms with E-state index in [1.807, 2.05) is 36.4 Å². The van der Waals surface area contributed by atoms with E-state index in [-0.39, 0.29) is 11.3 Å². The zero-order valence-electron chi connectivity index (χ0n) is 15.2. The molecule has 0 spiro atoms. The summed E-state index contributed by atoms with van der Waals surface area (Å²) in [5.41, 5.74) is 3.27. The molecule has 0 aliphatic rings. The average molecular weight is 395 g/mol. The monoisotopic (exact) mass is 395 g/mol. The van der Waals surface area contributed by atoms with Crippen molar-refractivity contribution in [3.05, 3.63) is 101 Å². The largest absolute Gasteiger partial charge is 0.478 e. The Morgan fingerprint density at radius 2 is 1.50 bits per heavy atom. The van der Waals surface area contributed by atoms with Crippen LogP contribution in [0.3, 0.4) is 0 Å². The van der Waals surface area contributed by atoms with Gasteiger partial charge in [-0.15, -0.1) is 0 Å². The second kappa shape index (κ2) is 8.71. The lowest BCUT2D eigenvalue weighted by Gasteiger charge is -2.13. The Balaban J connectivity index is 1.72. The molecule has 0 amide bonds. The maximum Gasteiger partial charge on any atom is 0.335 e. The second-order valence-electron chi connectivity index (χ2n) is 6.51. The zero-order valence-corrected chi connectivity index (χ0v) is 16.0. The molecule has 0 fully saturated rings. The van der Waals surface area contributed by atoms with Crippen molar-refractivity contribution >= 4 is 21.7 Å². The predicted molar refractivity (Wildman–Crippen MR) is 110 cm³/mol. The van der Waals surface area contributed by atoms with Crippen molar-refractivity contribution in [3.8, 4) is 0 Å². The predicted octanol–water partition coefficient (Wildman–Crippen LogP) is 4.11. The third-order valence-corrected chi connectivity index (χ3v) is 5.58. The molecule has 5 nitrogen and oxygen atoms in total. The Morgan fingerprint density at radius 1 is 0.821 bits per heavy atom. The van der Waals surface area contributed by atoms with E-state index < -0.39 is 16.0 Å². The first-order valence-corrected chi connectivity index (χ1v) is 10.5. The molecule has 0 heterocycles. The quantitative estimate of drug-likeness (QED) is 0.601. The standard InChI is InChI=1S/C22H21NO4S/c24-22(25)20-11-6-9-17(15-20)13-14-19-10-4-5-12-21(19)23-28(26,27)16-18-7-2-1-3-8-18/h1-12,15,23H,13-14,16H2,(H,24,25). The van der Waals surface area contributed by atoms with Crippen LogP contribution in [0.15, 0.2) is 78.9 Å². The molecule has 3 rings (SSSR count). The van der Waals surface area contributed by atoms with Crippen LogP contribution in [-0.4, -0.2) is 19.5 Å². The van der Waals surface area contributed by atoms with Crippen molar-refractivity contribution in [1.82, 2.24) is 0 Å². The number of hydrogen-bond donors (Lipinski definition) is 2. The molecule has 0 saturated carbocycles. The average Bonchev–Trinajstić information content (AvgIpc) is 2.67. The number of rotatable bonds is 8. The zero-order chi connectivity index (χ0) is 20.0. The van der Waals surface area contributed by atoms with Crippen molar-refractivity contribution < 1.29 is 18.3 Å². The summed E-state index contributed by atoms with van der Waals surface area (Å²) in [4.78, 5) is 11.1. The van der Waals surface area contributed by atoms with Gasteiger partial charge < -0.3 is 5.11 Å². The lowest BCUT2D eigenvalue weighted by molar-refractivity contribution is 0.0696. The van der Waals surface area contributed by atoms with E-state index in [2.05, 4.69) is 4.72 Å². The minimum Gasteiger partial charge on any atom is -0.478 e. The van der Waals surface area contributed by atoms with Gasteiger partial charge in [-0.3, -0.25) is 4.72 Å². The van der Waals surface area contributed by atoms with Crippen LogP contribution in [0.1, 0.15) is 27.0 Å². The van der Waals surface area contributed by atoms with Crippen molar-refractivity contribution in [3.63, 3.8) is 0 Å². The van der Waals surface area contributed by atoms with Gasteiger partial charge in [0.25, 0.3) is 0 Å². The summed E-state index contributed by atoms with van der Waals surface area (Å²) in [5.74, 6) is -1.06. The maximum atomic E-state index is 12.5. The normalized spacial score (nSPS) is 11.1. The number of aromatic carboxylic acids is 1. The highest BCUT2D eigenvalue weighted by atomic mass is 32.2. The Kier molecular flexibility index (Phi) is 6.11. The number of hydrogen-bond acceptors (Lipinski definition) is 3. The molecule has 0 atom stereocenters. The van der Waals surface area contributed by atoms with Crippen LogP contribution in [0.4, 0.5) is 5.69 Å². The van der Waals surface area contributed by atoms with Gasteiger partial charge in [0.15, 0.2) is 0 Å². The van der Waals surface area contributed by atoms with E-state index >= 15 is 0 Å². The number of nitrogens with one attached hydrogen (secondary N) is 1. The molecule has 2 N–H and O–H groups in total. The highest BCUT2D eigenvalue weighted by molar-refractivity contribution is 7.91. The van der Waals surface area contributed by atoms with E-state index in [4.69, 9.17) is 5.11 Å². The van der Waals surface area contributed by atoms with Gasteiger partial charge in [-0.25, -0.2) is 13.2 Å². The summed E-state index contributed by atoms with van der Waals surface area (Å²) >= 11 is 0. The molecule has 0 aliphatic carbocycles. The summed E-state index contributed by atoms with van der Waals surface area (Å²) in [6.45, 7) is 0. The van der Waals surface area contributed by atoms with Crippen molar-refractivity contribution in [2.45, 2.75) is 18.6 Å². The van der Waals surface area contributed by atoms with Crippen molar-refractivity contribution in [1.29, 1.82) is 0 Å². The van der Waals surface area contributed by atoms with Crippen LogP contribution in [-0.2, 0) is 28.6 Å². The number of sulfonamides is 1. The van der Waals surface area contributed by atoms with Gasteiger partial charge in [0.2, 0.25) is 10.0 Å². The van der Waals surface area contributed by atoms with Crippen molar-refractivity contribution in [2.75, 3.05) is 4.72 Å². The maximum absolute atomic E-state index is 12.5. The number of carboxylic acid groups (broad SMARTS) is 1. The summed E-state index contributed by atoms with van der Waals surface area (Å²) in [6.07, 6.45) is 1.20. The Hall–Kier alpha value is -3.12. The smallest absolute Gasteiger partial charge is 0.335 e. The van der Waals surface area contributed by atoms with E-state index in [1.54, 1.807) is 42.5 Å². The third-order valence-electron chi connectivity index (χ3n) is 4.34. The molecule has 0 saturated heterocycles. The van der Waals surface area contributed by atoms with Crippen LogP contribution < -0.4 is 4.72 Å². The van der Waals surface area contributed by atoms with Crippen LogP contribution >= 0.6 is 0 Å². The summed E-state index contributed by atoms with van der Waals surface area (Å²) in [7, 11) is -3.54. The van der Waals surface area contributed by atoms with E-state index in [9.17, 15) is 13.2 Å². The van der Waals surface area contributed by atoms with Crippen LogP contribution in [0.2, 0.25) is 0 Å². The molecular formula is C22H21NO4S. The lowest BCUT2D eigenvalue weighted by atomic mass is 10.0. The molecule has 0 bridgehead atoms. The number of carbonyl (C=O) groups is 1. The fourth-order valence-corrected chi connectivity index (χ4v) is 4.21. The molecule has 6 heteroatoms. The summed E-state index contributed by atoms with van der Waals surface area (Å²) < 4.78 is 27.8. The molecule has 0 aromatic heterocycles. The van der Waals surface area contributed by atoms with Gasteiger partial charge in [-0.1, -0.05) is 60.7 Å². The van der Waals surface area contributed by atoms with Crippen LogP contribution in [0.25, 0.3) is 0 Å². The lowest BCUT2D eigenvalue weighted by Crippen LogP contribution is -2.16. The van der Waals surface area contributed by atoms with Crippen molar-refractivity contribution in [2.24, 2.45) is 0 Å².